The van der Waals surface area contributed by atoms with Crippen molar-refractivity contribution < 1.29 is 18.0 Å². The summed E-state index contributed by atoms with van der Waals surface area (Å²) < 4.78 is 37.8. The molecule has 0 saturated heterocycles. The first kappa shape index (κ1) is 22.6. The van der Waals surface area contributed by atoms with Gasteiger partial charge in [-0.3, -0.25) is 4.79 Å². The minimum Gasteiger partial charge on any atom is -0.397 e. The van der Waals surface area contributed by atoms with E-state index in [1.54, 1.807) is 18.2 Å². The lowest BCUT2D eigenvalue weighted by Gasteiger charge is -2.12. The van der Waals surface area contributed by atoms with E-state index in [2.05, 4.69) is 17.6 Å². The van der Waals surface area contributed by atoms with Crippen molar-refractivity contribution in [2.75, 3.05) is 16.4 Å². The van der Waals surface area contributed by atoms with Crippen molar-refractivity contribution in [3.05, 3.63) is 53.6 Å². The van der Waals surface area contributed by atoms with Crippen LogP contribution in [-0.4, -0.2) is 5.91 Å². The van der Waals surface area contributed by atoms with Gasteiger partial charge in [0.25, 0.3) is 0 Å². The third-order valence-electron chi connectivity index (χ3n) is 4.61. The van der Waals surface area contributed by atoms with Gasteiger partial charge in [-0.05, 0) is 42.3 Å². The Labute approximate surface area is 169 Å². The number of halogens is 3. The van der Waals surface area contributed by atoms with E-state index < -0.39 is 11.7 Å². The van der Waals surface area contributed by atoms with Crippen LogP contribution in [0, 0.1) is 0 Å². The molecule has 0 spiro atoms. The number of benzene rings is 2. The molecular weight excluding hydrogens is 379 g/mol. The molecule has 0 fully saturated rings. The normalized spacial score (nSPS) is 11.3. The van der Waals surface area contributed by atoms with Crippen LogP contribution in [0.15, 0.2) is 42.5 Å². The van der Waals surface area contributed by atoms with Crippen LogP contribution in [0.4, 0.5) is 30.2 Å². The summed E-state index contributed by atoms with van der Waals surface area (Å²) in [5.41, 5.74) is 7.78. The maximum atomic E-state index is 12.6. The van der Waals surface area contributed by atoms with E-state index in [-0.39, 0.29) is 5.91 Å². The second-order valence-corrected chi connectivity index (χ2v) is 7.06. The number of nitrogens with two attached hydrogens (primary N) is 1. The van der Waals surface area contributed by atoms with Gasteiger partial charge in [-0.15, -0.1) is 0 Å². The molecule has 0 unspecified atom stereocenters. The SMILES string of the molecule is CCCCCCCC(=O)Nc1ccc(NCc2ccc(C(F)(F)F)cc2)cc1N. The molecule has 0 aliphatic carbocycles. The second-order valence-electron chi connectivity index (χ2n) is 7.06. The van der Waals surface area contributed by atoms with E-state index in [1.165, 1.54) is 25.0 Å². The van der Waals surface area contributed by atoms with E-state index in [0.29, 0.717) is 24.3 Å². The topological polar surface area (TPSA) is 67.2 Å². The van der Waals surface area contributed by atoms with E-state index in [4.69, 9.17) is 5.73 Å². The lowest BCUT2D eigenvalue weighted by molar-refractivity contribution is -0.137. The number of unbranched alkanes of at least 4 members (excludes halogenated alkanes) is 4. The fraction of sp³-hybridized carbons (Fsp3) is 0.409. The first-order valence-electron chi connectivity index (χ1n) is 9.89. The van der Waals surface area contributed by atoms with E-state index in [9.17, 15) is 18.0 Å². The molecule has 2 rings (SSSR count). The molecule has 29 heavy (non-hydrogen) atoms. The summed E-state index contributed by atoms with van der Waals surface area (Å²) in [6.45, 7) is 2.51. The van der Waals surface area contributed by atoms with Crippen molar-refractivity contribution in [1.82, 2.24) is 0 Å². The molecule has 0 aliphatic heterocycles. The molecular formula is C22H28F3N3O. The molecule has 158 valence electrons. The van der Waals surface area contributed by atoms with Gasteiger partial charge in [0, 0.05) is 18.7 Å². The molecule has 4 nitrogen and oxygen atoms in total. The van der Waals surface area contributed by atoms with Crippen molar-refractivity contribution in [2.45, 2.75) is 58.2 Å². The van der Waals surface area contributed by atoms with Crippen LogP contribution in [0.25, 0.3) is 0 Å². The van der Waals surface area contributed by atoms with E-state index in [1.807, 2.05) is 0 Å². The summed E-state index contributed by atoms with van der Waals surface area (Å²) in [6, 6.07) is 10.2. The number of carbonyl (C=O) groups is 1. The Morgan fingerprint density at radius 1 is 1.00 bits per heavy atom. The summed E-state index contributed by atoms with van der Waals surface area (Å²) >= 11 is 0. The fourth-order valence-corrected chi connectivity index (χ4v) is 2.90. The first-order chi connectivity index (χ1) is 13.8. The van der Waals surface area contributed by atoms with Crippen molar-refractivity contribution >= 4 is 23.0 Å². The highest BCUT2D eigenvalue weighted by atomic mass is 19.4. The zero-order valence-electron chi connectivity index (χ0n) is 16.6. The maximum absolute atomic E-state index is 12.6. The van der Waals surface area contributed by atoms with Gasteiger partial charge in [-0.25, -0.2) is 0 Å². The maximum Gasteiger partial charge on any atom is 0.416 e. The number of rotatable bonds is 10. The Hall–Kier alpha value is -2.70. The smallest absolute Gasteiger partial charge is 0.397 e. The number of amides is 1. The number of nitrogens with one attached hydrogen (secondary N) is 2. The van der Waals surface area contributed by atoms with Gasteiger partial charge < -0.3 is 16.4 Å². The molecule has 4 N–H and O–H groups in total. The zero-order chi connectivity index (χ0) is 21.3. The number of hydrogen-bond acceptors (Lipinski definition) is 3. The molecule has 1 amide bonds. The third kappa shape index (κ3) is 7.68. The van der Waals surface area contributed by atoms with Crippen LogP contribution in [0.3, 0.4) is 0 Å². The van der Waals surface area contributed by atoms with E-state index >= 15 is 0 Å². The predicted octanol–water partition coefficient (Wildman–Crippen LogP) is 6.20. The Kier molecular flexibility index (Phi) is 8.36. The van der Waals surface area contributed by atoms with Crippen molar-refractivity contribution in [2.24, 2.45) is 0 Å². The average Bonchev–Trinajstić information content (AvgIpc) is 2.68. The van der Waals surface area contributed by atoms with Gasteiger partial charge in [0.1, 0.15) is 0 Å². The fourth-order valence-electron chi connectivity index (χ4n) is 2.90. The lowest BCUT2D eigenvalue weighted by atomic mass is 10.1. The standard InChI is InChI=1S/C22H28F3N3O/c1-2-3-4-5-6-7-21(29)28-20-13-12-18(14-19(20)26)27-15-16-8-10-17(11-9-16)22(23,24)25/h8-14,27H,2-7,15,26H2,1H3,(H,28,29). The largest absolute Gasteiger partial charge is 0.416 e. The lowest BCUT2D eigenvalue weighted by Crippen LogP contribution is -2.12. The van der Waals surface area contributed by atoms with Gasteiger partial charge in [-0.2, -0.15) is 13.2 Å². The molecule has 0 aliphatic rings. The zero-order valence-corrected chi connectivity index (χ0v) is 16.6. The number of carbonyl (C=O) groups excluding carboxylic acids is 1. The Bertz CT molecular complexity index is 789. The van der Waals surface area contributed by atoms with Crippen LogP contribution < -0.4 is 16.4 Å². The van der Waals surface area contributed by atoms with Gasteiger partial charge in [0.2, 0.25) is 5.91 Å². The highest BCUT2D eigenvalue weighted by Gasteiger charge is 2.29. The quantitative estimate of drug-likeness (QED) is 0.324. The first-order valence-corrected chi connectivity index (χ1v) is 9.89. The van der Waals surface area contributed by atoms with Crippen molar-refractivity contribution in [1.29, 1.82) is 0 Å². The molecule has 0 saturated carbocycles. The van der Waals surface area contributed by atoms with Gasteiger partial charge in [0.05, 0.1) is 16.9 Å². The van der Waals surface area contributed by atoms with Crippen molar-refractivity contribution in [3.8, 4) is 0 Å². The van der Waals surface area contributed by atoms with Gasteiger partial charge >= 0.3 is 6.18 Å². The monoisotopic (exact) mass is 407 g/mol. The third-order valence-corrected chi connectivity index (χ3v) is 4.61. The number of nitrogen functional groups attached to an aromatic ring is 1. The molecule has 2 aromatic rings. The van der Waals surface area contributed by atoms with Gasteiger partial charge in [0.15, 0.2) is 0 Å². The van der Waals surface area contributed by atoms with Crippen LogP contribution in [0.2, 0.25) is 0 Å². The summed E-state index contributed by atoms with van der Waals surface area (Å²) in [4.78, 5) is 12.0. The predicted molar refractivity (Wildman–Crippen MR) is 112 cm³/mol. The van der Waals surface area contributed by atoms with Crippen LogP contribution in [0.5, 0.6) is 0 Å². The number of hydrogen-bond donors (Lipinski definition) is 3. The minimum atomic E-state index is -4.34. The summed E-state index contributed by atoms with van der Waals surface area (Å²) in [7, 11) is 0. The van der Waals surface area contributed by atoms with E-state index in [0.717, 1.165) is 42.6 Å². The minimum absolute atomic E-state index is 0.0568. The Balaban J connectivity index is 1.83. The summed E-state index contributed by atoms with van der Waals surface area (Å²) in [5, 5.41) is 5.94. The van der Waals surface area contributed by atoms with Crippen LogP contribution in [-0.2, 0) is 17.5 Å². The highest BCUT2D eigenvalue weighted by molar-refractivity contribution is 5.94. The summed E-state index contributed by atoms with van der Waals surface area (Å²) in [5.74, 6) is -0.0568. The molecule has 0 heterocycles. The second kappa shape index (κ2) is 10.7. The molecule has 0 radical (unpaired) electrons. The van der Waals surface area contributed by atoms with Crippen molar-refractivity contribution in [3.63, 3.8) is 0 Å². The molecule has 0 bridgehead atoms. The van der Waals surface area contributed by atoms with Gasteiger partial charge in [-0.1, -0.05) is 44.7 Å². The Morgan fingerprint density at radius 3 is 2.31 bits per heavy atom. The van der Waals surface area contributed by atoms with Crippen LogP contribution >= 0.6 is 0 Å². The van der Waals surface area contributed by atoms with Crippen LogP contribution in [0.1, 0.15) is 56.6 Å². The number of anilines is 3. The highest BCUT2D eigenvalue weighted by Crippen LogP contribution is 2.29. The molecule has 0 atom stereocenters. The summed E-state index contributed by atoms with van der Waals surface area (Å²) in [6.07, 6.45) is 1.54. The average molecular weight is 407 g/mol. The Morgan fingerprint density at radius 2 is 1.69 bits per heavy atom. The number of alkyl halides is 3. The molecule has 0 aromatic heterocycles. The molecule has 2 aromatic carbocycles. The molecule has 7 heteroatoms.